The first-order valence-corrected chi connectivity index (χ1v) is 7.07. The number of carboxylic acid groups (broad SMARTS) is 1. The van der Waals surface area contributed by atoms with Gasteiger partial charge in [-0.2, -0.15) is 0 Å². The number of imide groups is 1. The second-order valence-electron chi connectivity index (χ2n) is 5.18. The van der Waals surface area contributed by atoms with Gasteiger partial charge in [0.25, 0.3) is 11.8 Å². The molecular formula is C17H14N2O4. The van der Waals surface area contributed by atoms with Crippen LogP contribution in [0.5, 0.6) is 0 Å². The Hall–Kier alpha value is -3.15. The lowest BCUT2D eigenvalue weighted by atomic mass is 10.1. The van der Waals surface area contributed by atoms with E-state index in [4.69, 9.17) is 5.11 Å². The van der Waals surface area contributed by atoms with Gasteiger partial charge in [-0.05, 0) is 17.7 Å². The Morgan fingerprint density at radius 3 is 2.00 bits per heavy atom. The third-order valence-corrected chi connectivity index (χ3v) is 3.74. The van der Waals surface area contributed by atoms with E-state index in [9.17, 15) is 14.4 Å². The quantitative estimate of drug-likeness (QED) is 0.848. The average Bonchev–Trinajstić information content (AvgIpc) is 2.80. The van der Waals surface area contributed by atoms with Crippen LogP contribution in [0.25, 0.3) is 0 Å². The molecule has 23 heavy (non-hydrogen) atoms. The summed E-state index contributed by atoms with van der Waals surface area (Å²) in [6.07, 6.45) is -1.21. The van der Waals surface area contributed by atoms with E-state index in [1.165, 1.54) is 0 Å². The van der Waals surface area contributed by atoms with E-state index >= 15 is 0 Å². The number of hydrogen-bond acceptors (Lipinski definition) is 3. The van der Waals surface area contributed by atoms with E-state index < -0.39 is 23.9 Å². The summed E-state index contributed by atoms with van der Waals surface area (Å²) in [4.78, 5) is 36.9. The summed E-state index contributed by atoms with van der Waals surface area (Å²) in [5.41, 5.74) is 1.38. The normalized spacial score (nSPS) is 14.5. The fourth-order valence-corrected chi connectivity index (χ4v) is 2.66. The molecule has 2 aromatic carbocycles. The van der Waals surface area contributed by atoms with Crippen LogP contribution in [-0.4, -0.2) is 34.5 Å². The molecule has 1 atom stereocenters. The van der Waals surface area contributed by atoms with E-state index in [0.29, 0.717) is 16.7 Å². The van der Waals surface area contributed by atoms with Crippen LogP contribution < -0.4 is 5.32 Å². The number of carbonyl (C=O) groups is 3. The Balaban J connectivity index is 1.88. The maximum absolute atomic E-state index is 12.4. The lowest BCUT2D eigenvalue weighted by molar-refractivity contribution is 0.0636. The highest BCUT2D eigenvalue weighted by Gasteiger charge is 2.36. The van der Waals surface area contributed by atoms with Crippen LogP contribution in [-0.2, 0) is 0 Å². The number of nitrogens with zero attached hydrogens (tertiary/aromatic N) is 1. The summed E-state index contributed by atoms with van der Waals surface area (Å²) in [5, 5.41) is 11.4. The first-order valence-electron chi connectivity index (χ1n) is 7.07. The summed E-state index contributed by atoms with van der Waals surface area (Å²) in [6, 6.07) is 14.7. The number of hydrogen-bond donors (Lipinski definition) is 2. The van der Waals surface area contributed by atoms with Crippen molar-refractivity contribution in [3.63, 3.8) is 0 Å². The van der Waals surface area contributed by atoms with E-state index in [0.717, 1.165) is 4.90 Å². The summed E-state index contributed by atoms with van der Waals surface area (Å²) in [5.74, 6) is -0.808. The molecule has 1 aliphatic heterocycles. The van der Waals surface area contributed by atoms with Crippen LogP contribution in [0.2, 0.25) is 0 Å². The maximum Gasteiger partial charge on any atom is 0.405 e. The number of amides is 3. The van der Waals surface area contributed by atoms with Gasteiger partial charge in [0.05, 0.1) is 23.7 Å². The Kier molecular flexibility index (Phi) is 3.80. The van der Waals surface area contributed by atoms with E-state index in [1.54, 1.807) is 48.5 Å². The van der Waals surface area contributed by atoms with Crippen molar-refractivity contribution < 1.29 is 19.5 Å². The van der Waals surface area contributed by atoms with Crippen molar-refractivity contribution in [2.75, 3.05) is 6.54 Å². The molecule has 0 spiro atoms. The molecule has 3 rings (SSSR count). The molecule has 1 aliphatic rings. The molecule has 116 valence electrons. The van der Waals surface area contributed by atoms with Crippen LogP contribution in [0.3, 0.4) is 0 Å². The summed E-state index contributed by atoms with van der Waals surface area (Å²) >= 11 is 0. The zero-order chi connectivity index (χ0) is 16.4. The van der Waals surface area contributed by atoms with Crippen molar-refractivity contribution in [2.24, 2.45) is 0 Å². The van der Waals surface area contributed by atoms with Crippen LogP contribution >= 0.6 is 0 Å². The van der Waals surface area contributed by atoms with Crippen molar-refractivity contribution in [3.8, 4) is 0 Å². The van der Waals surface area contributed by atoms with Crippen molar-refractivity contribution in [1.29, 1.82) is 0 Å². The summed E-state index contributed by atoms with van der Waals surface area (Å²) in [7, 11) is 0. The van der Waals surface area contributed by atoms with Gasteiger partial charge >= 0.3 is 6.09 Å². The molecular weight excluding hydrogens is 296 g/mol. The Labute approximate surface area is 132 Å². The van der Waals surface area contributed by atoms with Crippen LogP contribution in [0.4, 0.5) is 4.79 Å². The Bertz CT molecular complexity index is 738. The van der Waals surface area contributed by atoms with Gasteiger partial charge in [0.1, 0.15) is 0 Å². The monoisotopic (exact) mass is 310 g/mol. The second kappa shape index (κ2) is 5.92. The van der Waals surface area contributed by atoms with Gasteiger partial charge in [0.2, 0.25) is 0 Å². The molecule has 6 heteroatoms. The van der Waals surface area contributed by atoms with Crippen molar-refractivity contribution in [3.05, 3.63) is 71.3 Å². The number of nitrogens with one attached hydrogen (secondary N) is 1. The van der Waals surface area contributed by atoms with Crippen molar-refractivity contribution in [2.45, 2.75) is 6.04 Å². The Morgan fingerprint density at radius 2 is 1.48 bits per heavy atom. The van der Waals surface area contributed by atoms with E-state index in [2.05, 4.69) is 5.32 Å². The first-order chi connectivity index (χ1) is 11.1. The van der Waals surface area contributed by atoms with Gasteiger partial charge in [-0.15, -0.1) is 0 Å². The molecule has 6 nitrogen and oxygen atoms in total. The van der Waals surface area contributed by atoms with Gasteiger partial charge in [-0.1, -0.05) is 42.5 Å². The molecule has 1 heterocycles. The zero-order valence-electron chi connectivity index (χ0n) is 12.1. The molecule has 0 aromatic heterocycles. The van der Waals surface area contributed by atoms with Crippen molar-refractivity contribution >= 4 is 17.9 Å². The maximum atomic E-state index is 12.4. The minimum absolute atomic E-state index is 0.0529. The standard InChI is InChI=1S/C17H14N2O4/c20-15-12-8-4-5-9-13(12)16(21)19(15)10-14(18-17(22)23)11-6-2-1-3-7-11/h1-9,14,18H,10H2,(H,22,23). The molecule has 2 aromatic rings. The van der Waals surface area contributed by atoms with Gasteiger partial charge in [-0.3, -0.25) is 14.5 Å². The third-order valence-electron chi connectivity index (χ3n) is 3.74. The second-order valence-corrected chi connectivity index (χ2v) is 5.18. The van der Waals surface area contributed by atoms with Crippen LogP contribution in [0.1, 0.15) is 32.3 Å². The fourth-order valence-electron chi connectivity index (χ4n) is 2.66. The lowest BCUT2D eigenvalue weighted by Gasteiger charge is -2.22. The van der Waals surface area contributed by atoms with E-state index in [-0.39, 0.29) is 6.54 Å². The number of rotatable bonds is 4. The lowest BCUT2D eigenvalue weighted by Crippen LogP contribution is -2.40. The predicted octanol–water partition coefficient (Wildman–Crippen LogP) is 2.29. The summed E-state index contributed by atoms with van der Waals surface area (Å²) in [6.45, 7) is -0.0529. The highest BCUT2D eigenvalue weighted by molar-refractivity contribution is 6.21. The molecule has 0 radical (unpaired) electrons. The average molecular weight is 310 g/mol. The smallest absolute Gasteiger partial charge is 0.405 e. The number of benzene rings is 2. The van der Waals surface area contributed by atoms with Crippen LogP contribution in [0.15, 0.2) is 54.6 Å². The van der Waals surface area contributed by atoms with Gasteiger partial charge in [-0.25, -0.2) is 4.79 Å². The summed E-state index contributed by atoms with van der Waals surface area (Å²) < 4.78 is 0. The SMILES string of the molecule is O=C(O)NC(CN1C(=O)c2ccccc2C1=O)c1ccccc1. The van der Waals surface area contributed by atoms with E-state index in [1.807, 2.05) is 6.07 Å². The third kappa shape index (κ3) is 2.78. The molecule has 0 saturated heterocycles. The highest BCUT2D eigenvalue weighted by atomic mass is 16.4. The Morgan fingerprint density at radius 1 is 0.957 bits per heavy atom. The number of carbonyl (C=O) groups excluding carboxylic acids is 2. The minimum atomic E-state index is -1.21. The fraction of sp³-hybridized carbons (Fsp3) is 0.118. The van der Waals surface area contributed by atoms with Gasteiger partial charge in [0.15, 0.2) is 0 Å². The van der Waals surface area contributed by atoms with Gasteiger partial charge in [0, 0.05) is 0 Å². The van der Waals surface area contributed by atoms with Crippen LogP contribution in [0, 0.1) is 0 Å². The molecule has 0 saturated carbocycles. The highest BCUT2D eigenvalue weighted by Crippen LogP contribution is 2.25. The largest absolute Gasteiger partial charge is 0.465 e. The minimum Gasteiger partial charge on any atom is -0.465 e. The molecule has 3 amide bonds. The molecule has 0 aliphatic carbocycles. The molecule has 2 N–H and O–H groups in total. The topological polar surface area (TPSA) is 86.7 Å². The molecule has 0 bridgehead atoms. The van der Waals surface area contributed by atoms with Gasteiger partial charge < -0.3 is 10.4 Å². The molecule has 1 unspecified atom stereocenters. The first kappa shape index (κ1) is 14.8. The predicted molar refractivity (Wildman–Crippen MR) is 82.2 cm³/mol. The number of fused-ring (bicyclic) bond motifs is 1. The van der Waals surface area contributed by atoms with Crippen molar-refractivity contribution in [1.82, 2.24) is 10.2 Å². The molecule has 0 fully saturated rings. The zero-order valence-corrected chi connectivity index (χ0v) is 12.1.